The average molecular weight is 296 g/mol. The van der Waals surface area contributed by atoms with Gasteiger partial charge in [-0.2, -0.15) is 0 Å². The average Bonchev–Trinajstić information content (AvgIpc) is 2.95. The molecule has 2 heteroatoms. The minimum absolute atomic E-state index is 0.232. The summed E-state index contributed by atoms with van der Waals surface area (Å²) in [5.74, 6) is 0.749. The smallest absolute Gasteiger partial charge is 0.173 e. The summed E-state index contributed by atoms with van der Waals surface area (Å²) in [5.41, 5.74) is 6.15. The molecule has 0 saturated carbocycles. The molecule has 0 N–H and O–H groups in total. The monoisotopic (exact) mass is 296 g/mol. The van der Waals surface area contributed by atoms with E-state index in [0.717, 1.165) is 12.0 Å². The van der Waals surface area contributed by atoms with Crippen LogP contribution in [0.4, 0.5) is 0 Å². The third-order valence-electron chi connectivity index (χ3n) is 4.12. The van der Waals surface area contributed by atoms with Crippen LogP contribution < -0.4 is 0 Å². The zero-order chi connectivity index (χ0) is 14.8. The number of carbonyl (C=O) groups is 1. The zero-order valence-corrected chi connectivity index (χ0v) is 13.4. The topological polar surface area (TPSA) is 17.1 Å². The number of benzene rings is 2. The molecule has 0 bridgehead atoms. The molecule has 108 valence electrons. The van der Waals surface area contributed by atoms with Gasteiger partial charge >= 0.3 is 0 Å². The molecule has 0 saturated heterocycles. The van der Waals surface area contributed by atoms with Gasteiger partial charge in [0.25, 0.3) is 0 Å². The fourth-order valence-electron chi connectivity index (χ4n) is 2.83. The first-order valence-corrected chi connectivity index (χ1v) is 8.47. The van der Waals surface area contributed by atoms with Crippen LogP contribution in [0.1, 0.15) is 39.0 Å². The van der Waals surface area contributed by atoms with Crippen LogP contribution in [0.2, 0.25) is 0 Å². The maximum absolute atomic E-state index is 12.4. The summed E-state index contributed by atoms with van der Waals surface area (Å²) in [6.45, 7) is 4.19. The second-order valence-corrected chi connectivity index (χ2v) is 6.84. The Morgan fingerprint density at radius 1 is 1.05 bits per heavy atom. The minimum Gasteiger partial charge on any atom is -0.293 e. The summed E-state index contributed by atoms with van der Waals surface area (Å²) in [6, 6.07) is 12.6. The first kappa shape index (κ1) is 14.4. The number of rotatable bonds is 4. The number of Topliss-reactive ketones (excluding diaryl/α,β-unsaturated/α-hetero) is 1. The van der Waals surface area contributed by atoms with Gasteiger partial charge in [0.15, 0.2) is 5.78 Å². The third-order valence-corrected chi connectivity index (χ3v) is 5.28. The van der Waals surface area contributed by atoms with Gasteiger partial charge in [-0.1, -0.05) is 29.8 Å². The van der Waals surface area contributed by atoms with Crippen molar-refractivity contribution in [1.29, 1.82) is 0 Å². The number of fused-ring (bicyclic) bond motifs is 1. The molecule has 0 aromatic heterocycles. The van der Waals surface area contributed by atoms with Gasteiger partial charge in [0.2, 0.25) is 0 Å². The minimum atomic E-state index is 0.232. The van der Waals surface area contributed by atoms with E-state index in [1.54, 1.807) is 11.8 Å². The van der Waals surface area contributed by atoms with Crippen LogP contribution in [-0.4, -0.2) is 11.5 Å². The van der Waals surface area contributed by atoms with E-state index in [-0.39, 0.29) is 5.78 Å². The van der Waals surface area contributed by atoms with E-state index in [0.29, 0.717) is 5.75 Å². The molecule has 0 aliphatic heterocycles. The molecule has 0 fully saturated rings. The molecule has 0 radical (unpaired) electrons. The van der Waals surface area contributed by atoms with Gasteiger partial charge in [-0.15, -0.1) is 11.8 Å². The summed E-state index contributed by atoms with van der Waals surface area (Å²) >= 11 is 1.65. The highest BCUT2D eigenvalue weighted by molar-refractivity contribution is 8.00. The number of carbonyl (C=O) groups excluding carboxylic acids is 1. The standard InChI is InChI=1S/C19H20OS/c1-13-6-7-14(2)19(10-13)21-12-18(20)17-9-8-15-4-3-5-16(15)11-17/h6-11H,3-5,12H2,1-2H3. The van der Waals surface area contributed by atoms with E-state index in [2.05, 4.69) is 44.2 Å². The van der Waals surface area contributed by atoms with Crippen LogP contribution in [0.15, 0.2) is 41.3 Å². The van der Waals surface area contributed by atoms with Crippen molar-refractivity contribution in [3.05, 3.63) is 64.2 Å². The summed E-state index contributed by atoms with van der Waals surface area (Å²) in [6.07, 6.45) is 3.52. The van der Waals surface area contributed by atoms with Crippen LogP contribution >= 0.6 is 11.8 Å². The Morgan fingerprint density at radius 2 is 1.86 bits per heavy atom. The van der Waals surface area contributed by atoms with Crippen LogP contribution in [0.3, 0.4) is 0 Å². The molecule has 1 aliphatic carbocycles. The van der Waals surface area contributed by atoms with E-state index < -0.39 is 0 Å². The third kappa shape index (κ3) is 3.21. The SMILES string of the molecule is Cc1ccc(C)c(SCC(=O)c2ccc3c(c2)CCC3)c1. The van der Waals surface area contributed by atoms with Crippen LogP contribution in [-0.2, 0) is 12.8 Å². The van der Waals surface area contributed by atoms with Gasteiger partial charge < -0.3 is 0 Å². The molecule has 1 nitrogen and oxygen atoms in total. The Morgan fingerprint density at radius 3 is 2.71 bits per heavy atom. The Kier molecular flexibility index (Phi) is 4.16. The van der Waals surface area contributed by atoms with E-state index >= 15 is 0 Å². The largest absolute Gasteiger partial charge is 0.293 e. The van der Waals surface area contributed by atoms with Gasteiger partial charge in [0, 0.05) is 10.5 Å². The lowest BCUT2D eigenvalue weighted by atomic mass is 10.0. The molecule has 1 aliphatic rings. The van der Waals surface area contributed by atoms with Crippen molar-refractivity contribution < 1.29 is 4.79 Å². The van der Waals surface area contributed by atoms with Crippen LogP contribution in [0.25, 0.3) is 0 Å². The van der Waals surface area contributed by atoms with Gasteiger partial charge in [-0.3, -0.25) is 4.79 Å². The predicted octanol–water partition coefficient (Wildman–Crippen LogP) is 4.77. The highest BCUT2D eigenvalue weighted by Crippen LogP contribution is 2.26. The van der Waals surface area contributed by atoms with Gasteiger partial charge in [0.1, 0.15) is 0 Å². The van der Waals surface area contributed by atoms with E-state index in [1.165, 1.54) is 40.0 Å². The van der Waals surface area contributed by atoms with Crippen LogP contribution in [0.5, 0.6) is 0 Å². The number of ketones is 1. The predicted molar refractivity (Wildman–Crippen MR) is 89.4 cm³/mol. The molecular formula is C19H20OS. The van der Waals surface area contributed by atoms with Crippen molar-refractivity contribution in [1.82, 2.24) is 0 Å². The summed E-state index contributed by atoms with van der Waals surface area (Å²) < 4.78 is 0. The highest BCUT2D eigenvalue weighted by atomic mass is 32.2. The van der Waals surface area contributed by atoms with E-state index in [4.69, 9.17) is 0 Å². The summed E-state index contributed by atoms with van der Waals surface area (Å²) in [4.78, 5) is 13.6. The molecule has 0 spiro atoms. The first-order valence-electron chi connectivity index (χ1n) is 7.48. The van der Waals surface area contributed by atoms with Crippen molar-refractivity contribution in [3.63, 3.8) is 0 Å². The second kappa shape index (κ2) is 6.07. The molecule has 21 heavy (non-hydrogen) atoms. The second-order valence-electron chi connectivity index (χ2n) is 5.82. The number of hydrogen-bond donors (Lipinski definition) is 0. The quantitative estimate of drug-likeness (QED) is 0.597. The first-order chi connectivity index (χ1) is 10.1. The van der Waals surface area contributed by atoms with Crippen molar-refractivity contribution in [2.24, 2.45) is 0 Å². The van der Waals surface area contributed by atoms with Crippen LogP contribution in [0, 0.1) is 13.8 Å². The maximum atomic E-state index is 12.4. The lowest BCUT2D eigenvalue weighted by Gasteiger charge is -2.07. The normalized spacial score (nSPS) is 13.2. The van der Waals surface area contributed by atoms with Crippen molar-refractivity contribution in [2.75, 3.05) is 5.75 Å². The lowest BCUT2D eigenvalue weighted by molar-refractivity contribution is 0.102. The van der Waals surface area contributed by atoms with Gasteiger partial charge in [0.05, 0.1) is 5.75 Å². The molecule has 0 amide bonds. The van der Waals surface area contributed by atoms with Crippen molar-refractivity contribution >= 4 is 17.5 Å². The van der Waals surface area contributed by atoms with Crippen molar-refractivity contribution in [3.8, 4) is 0 Å². The number of aryl methyl sites for hydroxylation is 4. The van der Waals surface area contributed by atoms with Crippen molar-refractivity contribution in [2.45, 2.75) is 38.0 Å². The maximum Gasteiger partial charge on any atom is 0.173 e. The number of hydrogen-bond acceptors (Lipinski definition) is 2. The fourth-order valence-corrected chi connectivity index (χ4v) is 3.85. The van der Waals surface area contributed by atoms with Gasteiger partial charge in [-0.05, 0) is 61.9 Å². The molecule has 0 atom stereocenters. The highest BCUT2D eigenvalue weighted by Gasteiger charge is 2.14. The molecule has 3 rings (SSSR count). The molecule has 0 unspecified atom stereocenters. The lowest BCUT2D eigenvalue weighted by Crippen LogP contribution is -2.03. The molecule has 2 aromatic carbocycles. The fraction of sp³-hybridized carbons (Fsp3) is 0.316. The Hall–Kier alpha value is -1.54. The summed E-state index contributed by atoms with van der Waals surface area (Å²) in [5, 5.41) is 0. The zero-order valence-electron chi connectivity index (χ0n) is 12.6. The Labute approximate surface area is 130 Å². The summed E-state index contributed by atoms with van der Waals surface area (Å²) in [7, 11) is 0. The molecular weight excluding hydrogens is 276 g/mol. The Balaban J connectivity index is 1.70. The molecule has 2 aromatic rings. The van der Waals surface area contributed by atoms with E-state index in [9.17, 15) is 4.79 Å². The Bertz CT molecular complexity index is 688. The number of thioether (sulfide) groups is 1. The molecule has 0 heterocycles. The van der Waals surface area contributed by atoms with E-state index in [1.807, 2.05) is 6.07 Å². The van der Waals surface area contributed by atoms with Gasteiger partial charge in [-0.25, -0.2) is 0 Å².